The minimum absolute atomic E-state index is 0.273. The van der Waals surface area contributed by atoms with Gasteiger partial charge in [0.15, 0.2) is 0 Å². The minimum Gasteiger partial charge on any atom is -0.480 e. The fourth-order valence-electron chi connectivity index (χ4n) is 0.814. The number of hydrogen-bond acceptors (Lipinski definition) is 8. The molecular weight excluding hydrogens is 288 g/mol. The van der Waals surface area contributed by atoms with Crippen molar-refractivity contribution in [1.82, 2.24) is 0 Å². The number of hydrogen-bond donors (Lipinski definition) is 4. The van der Waals surface area contributed by atoms with Crippen LogP contribution < -0.4 is 11.5 Å². The fourth-order valence-corrected chi connectivity index (χ4v) is 0.814. The van der Waals surface area contributed by atoms with Gasteiger partial charge in [0.1, 0.15) is 24.8 Å². The van der Waals surface area contributed by atoms with E-state index in [0.717, 1.165) is 0 Å². The summed E-state index contributed by atoms with van der Waals surface area (Å²) in [4.78, 5) is 40.6. The summed E-state index contributed by atoms with van der Waals surface area (Å²) in [6, 6.07) is -2.28. The Morgan fingerprint density at radius 1 is 1.00 bits per heavy atom. The predicted octanol–water partition coefficient (Wildman–Crippen LogP) is -1.69. The van der Waals surface area contributed by atoms with E-state index in [1.807, 2.05) is 0 Å². The van der Waals surface area contributed by atoms with Gasteiger partial charge in [-0.25, -0.2) is 0 Å². The zero-order valence-corrected chi connectivity index (χ0v) is 11.9. The average Bonchev–Trinajstić information content (AvgIpc) is 2.34. The van der Waals surface area contributed by atoms with E-state index in [1.54, 1.807) is 0 Å². The molecule has 0 aliphatic rings. The zero-order valence-electron chi connectivity index (χ0n) is 11.9. The molecule has 0 saturated carbocycles. The molecule has 0 bridgehead atoms. The molecule has 0 spiro atoms. The molecule has 0 aromatic heterocycles. The summed E-state index contributed by atoms with van der Waals surface area (Å²) in [6.07, 6.45) is -0.787. The molecule has 10 nitrogen and oxygen atoms in total. The summed E-state index contributed by atoms with van der Waals surface area (Å²) < 4.78 is 8.85. The van der Waals surface area contributed by atoms with Crippen molar-refractivity contribution in [1.29, 1.82) is 0 Å². The van der Waals surface area contributed by atoms with Gasteiger partial charge in [0.05, 0.1) is 0 Å². The van der Waals surface area contributed by atoms with Crippen molar-refractivity contribution in [2.45, 2.75) is 39.0 Å². The molecular formula is C11H20N2O8. The molecule has 0 radical (unpaired) electrons. The molecule has 0 aliphatic heterocycles. The zero-order chi connectivity index (χ0) is 17.2. The van der Waals surface area contributed by atoms with Gasteiger partial charge in [0.25, 0.3) is 0 Å². The number of nitrogens with two attached hydrogens (primary N) is 2. The van der Waals surface area contributed by atoms with Gasteiger partial charge in [-0.05, 0) is 6.92 Å². The lowest BCUT2D eigenvalue weighted by atomic mass is 10.2. The van der Waals surface area contributed by atoms with Crippen molar-refractivity contribution in [2.24, 2.45) is 11.5 Å². The largest absolute Gasteiger partial charge is 0.480 e. The van der Waals surface area contributed by atoms with E-state index in [2.05, 4.69) is 9.47 Å². The first-order chi connectivity index (χ1) is 9.48. The van der Waals surface area contributed by atoms with Gasteiger partial charge in [-0.15, -0.1) is 0 Å². The van der Waals surface area contributed by atoms with Gasteiger partial charge in [0.2, 0.25) is 0 Å². The topological polar surface area (TPSA) is 179 Å². The molecule has 0 aromatic carbocycles. The van der Waals surface area contributed by atoms with Crippen LogP contribution in [-0.4, -0.2) is 58.9 Å². The number of esters is 2. The molecule has 122 valence electrons. The molecule has 0 rings (SSSR count). The van der Waals surface area contributed by atoms with Crippen LogP contribution in [0.15, 0.2) is 0 Å². The number of carboxylic acids is 2. The van der Waals surface area contributed by atoms with Crippen LogP contribution in [0.1, 0.15) is 20.8 Å². The van der Waals surface area contributed by atoms with E-state index in [4.69, 9.17) is 21.7 Å². The number of ether oxygens (including phenoxy) is 2. The van der Waals surface area contributed by atoms with E-state index in [-0.39, 0.29) is 6.61 Å². The molecule has 21 heavy (non-hydrogen) atoms. The first kappa shape index (κ1) is 21.1. The highest BCUT2D eigenvalue weighted by atomic mass is 16.5. The third-order valence-electron chi connectivity index (χ3n) is 1.93. The normalized spacial score (nSPS) is 13.8. The molecule has 6 N–H and O–H groups in total. The monoisotopic (exact) mass is 308 g/mol. The Kier molecular flexibility index (Phi) is 10.6. The second-order valence-electron chi connectivity index (χ2n) is 3.93. The highest BCUT2D eigenvalue weighted by Crippen LogP contribution is 1.96. The third-order valence-corrected chi connectivity index (χ3v) is 1.93. The molecule has 3 atom stereocenters. The van der Waals surface area contributed by atoms with Gasteiger partial charge in [-0.1, -0.05) is 0 Å². The Morgan fingerprint density at radius 2 is 1.48 bits per heavy atom. The minimum atomic E-state index is -1.18. The van der Waals surface area contributed by atoms with Crippen LogP contribution in [0.25, 0.3) is 0 Å². The van der Waals surface area contributed by atoms with E-state index in [1.165, 1.54) is 20.8 Å². The maximum absolute atomic E-state index is 10.3. The third kappa shape index (κ3) is 12.6. The van der Waals surface area contributed by atoms with E-state index in [9.17, 15) is 19.2 Å². The van der Waals surface area contributed by atoms with Crippen LogP contribution in [0.2, 0.25) is 0 Å². The number of carbonyl (C=O) groups is 4. The van der Waals surface area contributed by atoms with E-state index < -0.39 is 42.1 Å². The Morgan fingerprint density at radius 3 is 1.76 bits per heavy atom. The number of carboxylic acid groups (broad SMARTS) is 2. The first-order valence-electron chi connectivity index (χ1n) is 5.76. The van der Waals surface area contributed by atoms with Gasteiger partial charge < -0.3 is 31.2 Å². The van der Waals surface area contributed by atoms with Crippen LogP contribution in [-0.2, 0) is 28.7 Å². The lowest BCUT2D eigenvalue weighted by Crippen LogP contribution is -2.42. The van der Waals surface area contributed by atoms with Crippen molar-refractivity contribution in [3.8, 4) is 0 Å². The predicted molar refractivity (Wildman–Crippen MR) is 69.1 cm³/mol. The summed E-state index contributed by atoms with van der Waals surface area (Å²) in [6.45, 7) is 3.55. The quantitative estimate of drug-likeness (QED) is 0.413. The maximum Gasteiger partial charge on any atom is 0.324 e. The van der Waals surface area contributed by atoms with Crippen molar-refractivity contribution in [3.63, 3.8) is 0 Å². The highest BCUT2D eigenvalue weighted by molar-refractivity contribution is 5.75. The SMILES string of the molecule is CC(=O)OC[C@H](N)C(=O)O.CC(=O)O[C@H](C)[C@H](N)C(=O)O. The summed E-state index contributed by atoms with van der Waals surface area (Å²) in [7, 11) is 0. The summed E-state index contributed by atoms with van der Waals surface area (Å²) in [5.74, 6) is -3.43. The molecule has 0 aliphatic carbocycles. The van der Waals surface area contributed by atoms with Crippen LogP contribution in [0.4, 0.5) is 0 Å². The summed E-state index contributed by atoms with van der Waals surface area (Å²) >= 11 is 0. The highest BCUT2D eigenvalue weighted by Gasteiger charge is 2.21. The molecule has 0 heterocycles. The number of rotatable bonds is 6. The molecule has 0 saturated heterocycles. The Hall–Kier alpha value is -2.20. The van der Waals surface area contributed by atoms with Crippen LogP contribution in [0, 0.1) is 0 Å². The van der Waals surface area contributed by atoms with Crippen molar-refractivity contribution < 1.29 is 38.9 Å². The van der Waals surface area contributed by atoms with Crippen LogP contribution in [0.5, 0.6) is 0 Å². The molecule has 0 amide bonds. The smallest absolute Gasteiger partial charge is 0.324 e. The fraction of sp³-hybridized carbons (Fsp3) is 0.636. The lowest BCUT2D eigenvalue weighted by molar-refractivity contribution is -0.152. The van der Waals surface area contributed by atoms with E-state index >= 15 is 0 Å². The summed E-state index contributed by atoms with van der Waals surface area (Å²) in [5, 5.41) is 16.5. The van der Waals surface area contributed by atoms with Crippen molar-refractivity contribution in [2.75, 3.05) is 6.61 Å². The standard InChI is InChI=1S/C6H11NO4.C5H9NO4/c1-3(11-4(2)8)5(7)6(9)10;1-3(7)10-2-4(6)5(8)9/h3,5H,7H2,1-2H3,(H,9,10);4H,2,6H2,1H3,(H,8,9)/t3-,5+;4-/m10/s1. The average molecular weight is 308 g/mol. The van der Waals surface area contributed by atoms with Gasteiger partial charge in [-0.2, -0.15) is 0 Å². The van der Waals surface area contributed by atoms with Crippen LogP contribution >= 0.6 is 0 Å². The Labute approximate surface area is 121 Å². The van der Waals surface area contributed by atoms with Gasteiger partial charge >= 0.3 is 23.9 Å². The number of carbonyl (C=O) groups excluding carboxylic acids is 2. The van der Waals surface area contributed by atoms with Gasteiger partial charge in [0, 0.05) is 13.8 Å². The first-order valence-corrected chi connectivity index (χ1v) is 5.76. The van der Waals surface area contributed by atoms with E-state index in [0.29, 0.717) is 0 Å². The van der Waals surface area contributed by atoms with Gasteiger partial charge in [-0.3, -0.25) is 19.2 Å². The second kappa shape index (κ2) is 10.6. The summed E-state index contributed by atoms with van der Waals surface area (Å²) in [5.41, 5.74) is 10.1. The molecule has 0 unspecified atom stereocenters. The molecule has 10 heteroatoms. The van der Waals surface area contributed by atoms with Crippen molar-refractivity contribution >= 4 is 23.9 Å². The Bertz CT molecular complexity index is 384. The lowest BCUT2D eigenvalue weighted by Gasteiger charge is -2.14. The second-order valence-corrected chi connectivity index (χ2v) is 3.93. The van der Waals surface area contributed by atoms with Crippen LogP contribution in [0.3, 0.4) is 0 Å². The number of aliphatic carboxylic acids is 2. The Balaban J connectivity index is 0. The molecule has 0 aromatic rings. The maximum atomic E-state index is 10.3. The van der Waals surface area contributed by atoms with Crippen molar-refractivity contribution in [3.05, 3.63) is 0 Å². The molecule has 0 fully saturated rings.